The molecule has 0 saturated carbocycles. The van der Waals surface area contributed by atoms with Crippen LogP contribution in [0.1, 0.15) is 36.1 Å². The van der Waals surface area contributed by atoms with E-state index < -0.39 is 0 Å². The first kappa shape index (κ1) is 20.0. The zero-order chi connectivity index (χ0) is 21.1. The number of anilines is 1. The average Bonchev–Trinajstić information content (AvgIpc) is 3.36. The summed E-state index contributed by atoms with van der Waals surface area (Å²) < 4.78 is 1.72. The Kier molecular flexibility index (Phi) is 5.77. The number of carbonyl (C=O) groups excluding carboxylic acids is 1. The van der Waals surface area contributed by atoms with Crippen molar-refractivity contribution in [3.05, 3.63) is 82.9 Å². The second kappa shape index (κ2) is 8.63. The molecule has 1 unspecified atom stereocenters. The summed E-state index contributed by atoms with van der Waals surface area (Å²) in [6.07, 6.45) is 0.720. The molecule has 2 aromatic heterocycles. The van der Waals surface area contributed by atoms with E-state index in [1.807, 2.05) is 55.6 Å². The van der Waals surface area contributed by atoms with Crippen molar-refractivity contribution in [3.63, 3.8) is 0 Å². The van der Waals surface area contributed by atoms with Crippen molar-refractivity contribution in [2.75, 3.05) is 5.32 Å². The van der Waals surface area contributed by atoms with E-state index in [2.05, 4.69) is 41.6 Å². The van der Waals surface area contributed by atoms with Gasteiger partial charge in [-0.3, -0.25) is 4.79 Å². The molecule has 30 heavy (non-hydrogen) atoms. The predicted octanol–water partition coefficient (Wildman–Crippen LogP) is 5.74. The maximum absolute atomic E-state index is 13.0. The fraction of sp³-hybridized carbons (Fsp3) is 0.208. The lowest BCUT2D eigenvalue weighted by molar-refractivity contribution is -0.117. The normalized spacial score (nSPS) is 12.0. The van der Waals surface area contributed by atoms with E-state index in [1.165, 1.54) is 16.9 Å². The van der Waals surface area contributed by atoms with Crippen LogP contribution in [-0.4, -0.2) is 20.7 Å². The van der Waals surface area contributed by atoms with Crippen LogP contribution >= 0.6 is 11.3 Å². The second-order valence-electron chi connectivity index (χ2n) is 7.32. The molecule has 2 aromatic carbocycles. The number of benzene rings is 2. The zero-order valence-corrected chi connectivity index (χ0v) is 18.1. The molecule has 0 aliphatic carbocycles. The first-order valence-electron chi connectivity index (χ1n) is 10.0. The van der Waals surface area contributed by atoms with Crippen LogP contribution in [0.4, 0.5) is 5.82 Å². The van der Waals surface area contributed by atoms with Crippen LogP contribution in [0, 0.1) is 13.8 Å². The van der Waals surface area contributed by atoms with E-state index in [1.54, 1.807) is 4.68 Å². The van der Waals surface area contributed by atoms with E-state index in [9.17, 15) is 4.79 Å². The van der Waals surface area contributed by atoms with Gasteiger partial charge in [0.2, 0.25) is 11.0 Å². The van der Waals surface area contributed by atoms with Crippen molar-refractivity contribution >= 4 is 23.1 Å². The molecular formula is C24H24N4OS. The molecule has 0 radical (unpaired) electrons. The van der Waals surface area contributed by atoms with Gasteiger partial charge in [-0.05, 0) is 25.8 Å². The summed E-state index contributed by atoms with van der Waals surface area (Å²) in [5.74, 6) is 0.381. The number of hydrogen-bond donors (Lipinski definition) is 1. The topological polar surface area (TPSA) is 59.8 Å². The molecule has 0 fully saturated rings. The van der Waals surface area contributed by atoms with Gasteiger partial charge in [0.15, 0.2) is 0 Å². The van der Waals surface area contributed by atoms with Crippen LogP contribution in [0.25, 0.3) is 16.4 Å². The highest BCUT2D eigenvalue weighted by Gasteiger charge is 2.21. The summed E-state index contributed by atoms with van der Waals surface area (Å²) in [5.41, 5.74) is 5.01. The SMILES string of the molecule is CCC(C(=O)Nc1cc(C)nn1-c1nc(-c2ccc(C)cc2)cs1)c1ccccc1. The van der Waals surface area contributed by atoms with Gasteiger partial charge in [0.1, 0.15) is 5.82 Å². The molecule has 2 heterocycles. The number of carbonyl (C=O) groups is 1. The number of thiazole rings is 1. The maximum Gasteiger partial charge on any atom is 0.233 e. The summed E-state index contributed by atoms with van der Waals surface area (Å²) >= 11 is 1.50. The highest BCUT2D eigenvalue weighted by Crippen LogP contribution is 2.28. The van der Waals surface area contributed by atoms with Gasteiger partial charge in [0.25, 0.3) is 0 Å². The number of nitrogens with zero attached hydrogens (tertiary/aromatic N) is 3. The fourth-order valence-electron chi connectivity index (χ4n) is 3.42. The molecule has 0 aliphatic rings. The Morgan fingerprint density at radius 2 is 1.83 bits per heavy atom. The molecule has 0 bridgehead atoms. The van der Waals surface area contributed by atoms with E-state index >= 15 is 0 Å². The van der Waals surface area contributed by atoms with Crippen molar-refractivity contribution in [3.8, 4) is 16.4 Å². The van der Waals surface area contributed by atoms with Crippen LogP contribution in [0.2, 0.25) is 0 Å². The lowest BCUT2D eigenvalue weighted by atomic mass is 9.96. The van der Waals surface area contributed by atoms with E-state index in [-0.39, 0.29) is 11.8 Å². The van der Waals surface area contributed by atoms with Crippen LogP contribution in [0.3, 0.4) is 0 Å². The average molecular weight is 417 g/mol. The molecule has 5 nitrogen and oxygen atoms in total. The van der Waals surface area contributed by atoms with Gasteiger partial charge in [-0.2, -0.15) is 9.78 Å². The minimum atomic E-state index is -0.214. The Labute approximate surface area is 180 Å². The molecule has 1 N–H and O–H groups in total. The number of hydrogen-bond acceptors (Lipinski definition) is 4. The lowest BCUT2D eigenvalue weighted by Crippen LogP contribution is -2.22. The van der Waals surface area contributed by atoms with Crippen LogP contribution in [0.15, 0.2) is 66.0 Å². The minimum absolute atomic E-state index is 0.0415. The minimum Gasteiger partial charge on any atom is -0.310 e. The summed E-state index contributed by atoms with van der Waals surface area (Å²) in [7, 11) is 0. The largest absolute Gasteiger partial charge is 0.310 e. The van der Waals surface area contributed by atoms with Gasteiger partial charge >= 0.3 is 0 Å². The Morgan fingerprint density at radius 1 is 1.10 bits per heavy atom. The quantitative estimate of drug-likeness (QED) is 0.436. The van der Waals surface area contributed by atoms with E-state index in [4.69, 9.17) is 4.98 Å². The molecule has 6 heteroatoms. The number of nitrogens with one attached hydrogen (secondary N) is 1. The maximum atomic E-state index is 13.0. The van der Waals surface area contributed by atoms with Crippen molar-refractivity contribution in [2.24, 2.45) is 0 Å². The monoisotopic (exact) mass is 416 g/mol. The Balaban J connectivity index is 1.60. The number of amides is 1. The highest BCUT2D eigenvalue weighted by molar-refractivity contribution is 7.12. The van der Waals surface area contributed by atoms with Crippen molar-refractivity contribution in [1.29, 1.82) is 0 Å². The molecule has 4 rings (SSSR count). The smallest absolute Gasteiger partial charge is 0.233 e. The molecule has 1 atom stereocenters. The number of aromatic nitrogens is 3. The van der Waals surface area contributed by atoms with E-state index in [0.29, 0.717) is 5.82 Å². The van der Waals surface area contributed by atoms with Crippen molar-refractivity contribution < 1.29 is 4.79 Å². The van der Waals surface area contributed by atoms with Crippen molar-refractivity contribution in [1.82, 2.24) is 14.8 Å². The molecule has 4 aromatic rings. The second-order valence-corrected chi connectivity index (χ2v) is 8.16. The van der Waals surface area contributed by atoms with Crippen LogP contribution in [0.5, 0.6) is 0 Å². The summed E-state index contributed by atoms with van der Waals surface area (Å²) in [4.78, 5) is 17.8. The fourth-order valence-corrected chi connectivity index (χ4v) is 4.22. The first-order chi connectivity index (χ1) is 14.5. The summed E-state index contributed by atoms with van der Waals surface area (Å²) in [5, 5.41) is 10.4. The molecule has 0 aliphatic heterocycles. The number of aryl methyl sites for hydroxylation is 2. The molecule has 0 spiro atoms. The highest BCUT2D eigenvalue weighted by atomic mass is 32.1. The van der Waals surface area contributed by atoms with Crippen LogP contribution < -0.4 is 5.32 Å². The van der Waals surface area contributed by atoms with Gasteiger partial charge in [-0.15, -0.1) is 11.3 Å². The lowest BCUT2D eigenvalue weighted by Gasteiger charge is -2.15. The van der Waals surface area contributed by atoms with Gasteiger partial charge < -0.3 is 5.32 Å². The van der Waals surface area contributed by atoms with Gasteiger partial charge in [0.05, 0.1) is 17.3 Å². The predicted molar refractivity (Wildman–Crippen MR) is 122 cm³/mol. The van der Waals surface area contributed by atoms with E-state index in [0.717, 1.165) is 34.1 Å². The van der Waals surface area contributed by atoms with Gasteiger partial charge in [-0.25, -0.2) is 4.98 Å². The summed E-state index contributed by atoms with van der Waals surface area (Å²) in [6.45, 7) is 6.00. The molecule has 0 saturated heterocycles. The number of rotatable bonds is 6. The third-order valence-corrected chi connectivity index (χ3v) is 5.85. The van der Waals surface area contributed by atoms with Crippen molar-refractivity contribution in [2.45, 2.75) is 33.1 Å². The van der Waals surface area contributed by atoms with Gasteiger partial charge in [0, 0.05) is 17.0 Å². The Bertz CT molecular complexity index is 1150. The molecular weight excluding hydrogens is 392 g/mol. The molecule has 1 amide bonds. The first-order valence-corrected chi connectivity index (χ1v) is 10.9. The zero-order valence-electron chi connectivity index (χ0n) is 17.3. The third kappa shape index (κ3) is 4.19. The standard InChI is InChI=1S/C24H24N4OS/c1-4-20(18-8-6-5-7-9-18)23(29)26-22-14-17(3)27-28(22)24-25-21(15-30-24)19-12-10-16(2)11-13-19/h5-15,20H,4H2,1-3H3,(H,26,29). The molecule has 152 valence electrons. The Morgan fingerprint density at radius 3 is 2.53 bits per heavy atom. The third-order valence-electron chi connectivity index (χ3n) is 5.03. The summed E-state index contributed by atoms with van der Waals surface area (Å²) in [6, 6.07) is 20.0. The van der Waals surface area contributed by atoms with Crippen LogP contribution in [-0.2, 0) is 4.79 Å². The van der Waals surface area contributed by atoms with Gasteiger partial charge in [-0.1, -0.05) is 67.1 Å². The Hall–Kier alpha value is -3.25.